The van der Waals surface area contributed by atoms with Gasteiger partial charge in [-0.15, -0.1) is 0 Å². The summed E-state index contributed by atoms with van der Waals surface area (Å²) in [6.07, 6.45) is 1.81. The summed E-state index contributed by atoms with van der Waals surface area (Å²) in [5.74, 6) is -0.310. The molecule has 0 fully saturated rings. The fourth-order valence-electron chi connectivity index (χ4n) is 4.70. The minimum atomic E-state index is -0.995. The Bertz CT molecular complexity index is 1470. The summed E-state index contributed by atoms with van der Waals surface area (Å²) >= 11 is 0. The number of fused-ring (bicyclic) bond motifs is 2. The Morgan fingerprint density at radius 2 is 1.71 bits per heavy atom. The van der Waals surface area contributed by atoms with E-state index >= 15 is 0 Å². The van der Waals surface area contributed by atoms with Crippen LogP contribution in [-0.2, 0) is 13.1 Å². The summed E-state index contributed by atoms with van der Waals surface area (Å²) in [5, 5.41) is 12.9. The molecule has 7 nitrogen and oxygen atoms in total. The first kappa shape index (κ1) is 21.7. The molecular weight excluding hydrogens is 428 g/mol. The molecule has 0 aliphatic carbocycles. The number of aryl methyl sites for hydroxylation is 1. The van der Waals surface area contributed by atoms with Gasteiger partial charge in [0.2, 0.25) is 0 Å². The first-order valence-electron chi connectivity index (χ1n) is 11.3. The number of carboxylic acid groups (broad SMARTS) is 1. The number of nitrogens with one attached hydrogen (secondary N) is 1. The number of pyridine rings is 1. The van der Waals surface area contributed by atoms with Crippen LogP contribution in [0.5, 0.6) is 0 Å². The standard InChI is InChI=1S/C27H26N4O3/c1-16-12-22(18(3)28-23-11-7-6-10-21(23)27(33)34)25-29-24(17(2)26(32)31(25)13-16)30-14-19-8-4-5-9-20(19)15-30/h4-13,18,28H,14-15H2,1-3H3,(H,33,34)/t18-/m1/s1. The van der Waals surface area contributed by atoms with Crippen molar-refractivity contribution in [2.75, 3.05) is 10.2 Å². The largest absolute Gasteiger partial charge is 0.478 e. The average Bonchev–Trinajstić information content (AvgIpc) is 3.25. The molecule has 34 heavy (non-hydrogen) atoms. The van der Waals surface area contributed by atoms with Gasteiger partial charge in [-0.25, -0.2) is 9.78 Å². The second kappa shape index (κ2) is 8.33. The highest BCUT2D eigenvalue weighted by Gasteiger charge is 2.24. The van der Waals surface area contributed by atoms with Crippen molar-refractivity contribution in [2.45, 2.75) is 39.9 Å². The van der Waals surface area contributed by atoms with Crippen molar-refractivity contribution in [3.8, 4) is 0 Å². The molecule has 0 radical (unpaired) electrons. The zero-order valence-electron chi connectivity index (χ0n) is 19.4. The van der Waals surface area contributed by atoms with E-state index < -0.39 is 5.97 Å². The summed E-state index contributed by atoms with van der Waals surface area (Å²) in [4.78, 5) is 32.2. The topological polar surface area (TPSA) is 86.9 Å². The minimum Gasteiger partial charge on any atom is -0.478 e. The van der Waals surface area contributed by atoms with Crippen LogP contribution in [-0.4, -0.2) is 20.5 Å². The Labute approximate surface area is 197 Å². The lowest BCUT2D eigenvalue weighted by Gasteiger charge is -2.23. The van der Waals surface area contributed by atoms with Crippen molar-refractivity contribution in [3.63, 3.8) is 0 Å². The molecule has 1 aliphatic heterocycles. The first-order chi connectivity index (χ1) is 16.3. The van der Waals surface area contributed by atoms with E-state index in [1.165, 1.54) is 11.1 Å². The van der Waals surface area contributed by atoms with Crippen molar-refractivity contribution in [2.24, 2.45) is 0 Å². The van der Waals surface area contributed by atoms with Gasteiger partial charge in [0.15, 0.2) is 0 Å². The third kappa shape index (κ3) is 3.69. The van der Waals surface area contributed by atoms with Gasteiger partial charge in [0.1, 0.15) is 11.5 Å². The second-order valence-corrected chi connectivity index (χ2v) is 8.87. The van der Waals surface area contributed by atoms with Crippen molar-refractivity contribution in [1.82, 2.24) is 9.38 Å². The molecule has 1 aliphatic rings. The fraction of sp³-hybridized carbons (Fsp3) is 0.222. The van der Waals surface area contributed by atoms with Gasteiger partial charge in [0.05, 0.1) is 17.2 Å². The van der Waals surface area contributed by atoms with Gasteiger partial charge in [-0.05, 0) is 55.7 Å². The average molecular weight is 455 g/mol. The summed E-state index contributed by atoms with van der Waals surface area (Å²) in [6, 6.07) is 16.8. The number of carboxylic acids is 1. The lowest BCUT2D eigenvalue weighted by atomic mass is 10.1. The molecule has 172 valence electrons. The van der Waals surface area contributed by atoms with Crippen LogP contribution >= 0.6 is 0 Å². The predicted molar refractivity (Wildman–Crippen MR) is 133 cm³/mol. The molecule has 0 saturated heterocycles. The maximum Gasteiger partial charge on any atom is 0.337 e. The van der Waals surface area contributed by atoms with E-state index in [9.17, 15) is 14.7 Å². The van der Waals surface area contributed by atoms with E-state index in [0.717, 1.165) is 11.1 Å². The van der Waals surface area contributed by atoms with Crippen LogP contribution < -0.4 is 15.8 Å². The van der Waals surface area contributed by atoms with Crippen LogP contribution in [0.1, 0.15) is 51.1 Å². The molecule has 7 heteroatoms. The molecule has 5 rings (SSSR count). The van der Waals surface area contributed by atoms with Crippen molar-refractivity contribution in [1.29, 1.82) is 0 Å². The molecule has 1 atom stereocenters. The van der Waals surface area contributed by atoms with Gasteiger partial charge < -0.3 is 15.3 Å². The molecule has 0 amide bonds. The minimum absolute atomic E-state index is 0.0981. The van der Waals surface area contributed by atoms with E-state index in [1.54, 1.807) is 28.7 Å². The number of para-hydroxylation sites is 1. The first-order valence-corrected chi connectivity index (χ1v) is 11.3. The molecule has 2 N–H and O–H groups in total. The monoisotopic (exact) mass is 454 g/mol. The number of aromatic carboxylic acids is 1. The molecular formula is C27H26N4O3. The quantitative estimate of drug-likeness (QED) is 0.454. The van der Waals surface area contributed by atoms with E-state index in [-0.39, 0.29) is 17.2 Å². The summed E-state index contributed by atoms with van der Waals surface area (Å²) in [6.45, 7) is 7.13. The van der Waals surface area contributed by atoms with Gasteiger partial charge in [-0.3, -0.25) is 9.20 Å². The van der Waals surface area contributed by atoms with Gasteiger partial charge in [-0.1, -0.05) is 36.4 Å². The Kier molecular flexibility index (Phi) is 5.32. The molecule has 2 aromatic carbocycles. The van der Waals surface area contributed by atoms with E-state index in [4.69, 9.17) is 4.98 Å². The zero-order chi connectivity index (χ0) is 24.0. The second-order valence-electron chi connectivity index (χ2n) is 8.87. The number of aromatic nitrogens is 2. The third-order valence-electron chi connectivity index (χ3n) is 6.43. The molecule has 3 heterocycles. The number of benzene rings is 2. The molecule has 0 bridgehead atoms. The SMILES string of the molecule is Cc1cc([C@@H](C)Nc2ccccc2C(=O)O)c2nc(N3Cc4ccccc4C3)c(C)c(=O)n2c1. The molecule has 4 aromatic rings. The fourth-order valence-corrected chi connectivity index (χ4v) is 4.70. The van der Waals surface area contributed by atoms with Crippen LogP contribution in [0.2, 0.25) is 0 Å². The van der Waals surface area contributed by atoms with Crippen molar-refractivity contribution < 1.29 is 9.90 Å². The number of carbonyl (C=O) groups is 1. The number of nitrogens with zero attached hydrogens (tertiary/aromatic N) is 3. The van der Waals surface area contributed by atoms with Crippen LogP contribution in [0.25, 0.3) is 5.65 Å². The Balaban J connectivity index is 1.60. The molecule has 0 unspecified atom stereocenters. The van der Waals surface area contributed by atoms with Crippen LogP contribution in [0.4, 0.5) is 11.5 Å². The van der Waals surface area contributed by atoms with Crippen LogP contribution in [0.3, 0.4) is 0 Å². The summed E-state index contributed by atoms with van der Waals surface area (Å²) in [7, 11) is 0. The predicted octanol–water partition coefficient (Wildman–Crippen LogP) is 4.70. The maximum absolute atomic E-state index is 13.4. The van der Waals surface area contributed by atoms with Gasteiger partial charge in [0, 0.05) is 30.5 Å². The Morgan fingerprint density at radius 1 is 1.06 bits per heavy atom. The smallest absolute Gasteiger partial charge is 0.337 e. The van der Waals surface area contributed by atoms with Gasteiger partial charge in [-0.2, -0.15) is 0 Å². The molecule has 0 saturated carbocycles. The Hall–Kier alpha value is -4.13. The lowest BCUT2D eigenvalue weighted by Crippen LogP contribution is -2.27. The highest BCUT2D eigenvalue weighted by Crippen LogP contribution is 2.30. The van der Waals surface area contributed by atoms with Crippen LogP contribution in [0, 0.1) is 13.8 Å². The van der Waals surface area contributed by atoms with Crippen molar-refractivity contribution >= 4 is 23.1 Å². The molecule has 0 spiro atoms. The number of hydrogen-bond donors (Lipinski definition) is 2. The van der Waals surface area contributed by atoms with E-state index in [1.807, 2.05) is 45.2 Å². The Morgan fingerprint density at radius 3 is 2.38 bits per heavy atom. The van der Waals surface area contributed by atoms with Gasteiger partial charge in [0.25, 0.3) is 5.56 Å². The zero-order valence-corrected chi connectivity index (χ0v) is 19.4. The highest BCUT2D eigenvalue weighted by atomic mass is 16.4. The number of hydrogen-bond acceptors (Lipinski definition) is 5. The molecule has 2 aromatic heterocycles. The van der Waals surface area contributed by atoms with Crippen LogP contribution in [0.15, 0.2) is 65.6 Å². The summed E-state index contributed by atoms with van der Waals surface area (Å²) < 4.78 is 1.61. The normalized spacial score (nSPS) is 13.7. The summed E-state index contributed by atoms with van der Waals surface area (Å²) in [5.41, 5.74) is 6.04. The highest BCUT2D eigenvalue weighted by molar-refractivity contribution is 5.94. The lowest BCUT2D eigenvalue weighted by molar-refractivity contribution is 0.0698. The number of rotatable bonds is 5. The third-order valence-corrected chi connectivity index (χ3v) is 6.43. The maximum atomic E-state index is 13.4. The van der Waals surface area contributed by atoms with E-state index in [0.29, 0.717) is 35.8 Å². The van der Waals surface area contributed by atoms with E-state index in [2.05, 4.69) is 22.3 Å². The number of anilines is 2. The van der Waals surface area contributed by atoms with Crippen molar-refractivity contribution in [3.05, 3.63) is 105 Å². The van der Waals surface area contributed by atoms with Gasteiger partial charge >= 0.3 is 5.97 Å².